The molecule has 1 rings (SSSR count). The van der Waals surface area contributed by atoms with Crippen LogP contribution >= 0.6 is 0 Å². The van der Waals surface area contributed by atoms with Crippen molar-refractivity contribution in [1.82, 2.24) is 0 Å². The number of rotatable bonds is 5. The number of carboxylic acid groups (broad SMARTS) is 1. The van der Waals surface area contributed by atoms with Gasteiger partial charge < -0.3 is 5.11 Å². The lowest BCUT2D eigenvalue weighted by molar-refractivity contribution is -0.141. The van der Waals surface area contributed by atoms with Crippen LogP contribution < -0.4 is 0 Å². The molecule has 0 unspecified atom stereocenters. The number of carboxylic acids is 1. The molecule has 3 nitrogen and oxygen atoms in total. The van der Waals surface area contributed by atoms with Gasteiger partial charge in [-0.1, -0.05) is 33.1 Å². The number of carbonyl (C=O) groups is 2. The molecule has 0 spiro atoms. The minimum atomic E-state index is -0.765. The van der Waals surface area contributed by atoms with Crippen LogP contribution in [-0.4, -0.2) is 16.9 Å². The van der Waals surface area contributed by atoms with Gasteiger partial charge in [0.15, 0.2) is 0 Å². The molecular formula is C13H22O3. The first kappa shape index (κ1) is 13.2. The maximum Gasteiger partial charge on any atom is 0.303 e. The van der Waals surface area contributed by atoms with Gasteiger partial charge in [0, 0.05) is 12.3 Å². The molecule has 16 heavy (non-hydrogen) atoms. The molecule has 0 aliphatic heterocycles. The number of carbonyl (C=O) groups excluding carboxylic acids is 1. The molecule has 0 heterocycles. The molecule has 0 atom stereocenters. The Labute approximate surface area is 97.2 Å². The van der Waals surface area contributed by atoms with Crippen molar-refractivity contribution in [3.05, 3.63) is 0 Å². The summed E-state index contributed by atoms with van der Waals surface area (Å²) >= 11 is 0. The third-order valence-corrected chi connectivity index (χ3v) is 3.63. The fraction of sp³-hybridized carbons (Fsp3) is 0.846. The zero-order valence-electron chi connectivity index (χ0n) is 10.3. The fourth-order valence-electron chi connectivity index (χ4n) is 2.61. The van der Waals surface area contributed by atoms with Gasteiger partial charge in [0.25, 0.3) is 0 Å². The number of hydrogen-bond donors (Lipinski definition) is 1. The Kier molecular flexibility index (Phi) is 4.51. The van der Waals surface area contributed by atoms with Crippen LogP contribution in [0.25, 0.3) is 0 Å². The second-order valence-corrected chi connectivity index (χ2v) is 5.43. The molecule has 0 radical (unpaired) electrons. The molecule has 0 bridgehead atoms. The fourth-order valence-corrected chi connectivity index (χ4v) is 2.61. The van der Waals surface area contributed by atoms with Crippen molar-refractivity contribution in [2.24, 2.45) is 11.3 Å². The van der Waals surface area contributed by atoms with E-state index in [0.717, 1.165) is 25.7 Å². The van der Waals surface area contributed by atoms with Crippen LogP contribution in [0.1, 0.15) is 58.8 Å². The molecule has 1 saturated carbocycles. The van der Waals surface area contributed by atoms with Gasteiger partial charge in [0.1, 0.15) is 5.78 Å². The van der Waals surface area contributed by atoms with Crippen LogP contribution in [0, 0.1) is 11.3 Å². The third-order valence-electron chi connectivity index (χ3n) is 3.63. The first-order chi connectivity index (χ1) is 7.45. The summed E-state index contributed by atoms with van der Waals surface area (Å²) in [7, 11) is 0. The van der Waals surface area contributed by atoms with Crippen molar-refractivity contribution in [2.45, 2.75) is 58.8 Å². The highest BCUT2D eigenvalue weighted by atomic mass is 16.4. The van der Waals surface area contributed by atoms with Crippen molar-refractivity contribution in [2.75, 3.05) is 0 Å². The van der Waals surface area contributed by atoms with Crippen molar-refractivity contribution in [1.29, 1.82) is 0 Å². The van der Waals surface area contributed by atoms with Gasteiger partial charge in [-0.3, -0.25) is 9.59 Å². The zero-order chi connectivity index (χ0) is 12.2. The van der Waals surface area contributed by atoms with E-state index in [9.17, 15) is 9.59 Å². The Morgan fingerprint density at radius 2 is 1.69 bits per heavy atom. The average Bonchev–Trinajstić information content (AvgIpc) is 2.17. The largest absolute Gasteiger partial charge is 0.481 e. The van der Waals surface area contributed by atoms with Crippen molar-refractivity contribution in [3.63, 3.8) is 0 Å². The SMILES string of the molecule is CC(C)C(=O)CC1(CC(=O)O)CCCCC1. The number of ketones is 1. The van der Waals surface area contributed by atoms with Gasteiger partial charge in [0.05, 0.1) is 6.42 Å². The lowest BCUT2D eigenvalue weighted by atomic mass is 9.68. The maximum atomic E-state index is 11.8. The molecule has 1 aliphatic rings. The van der Waals surface area contributed by atoms with E-state index >= 15 is 0 Å². The van der Waals surface area contributed by atoms with E-state index < -0.39 is 5.97 Å². The zero-order valence-corrected chi connectivity index (χ0v) is 10.3. The standard InChI is InChI=1S/C13H22O3/c1-10(2)11(14)8-13(9-12(15)16)6-4-3-5-7-13/h10H,3-9H2,1-2H3,(H,15,16). The summed E-state index contributed by atoms with van der Waals surface area (Å²) in [5.41, 5.74) is -0.245. The van der Waals surface area contributed by atoms with Crippen molar-refractivity contribution in [3.8, 4) is 0 Å². The summed E-state index contributed by atoms with van der Waals surface area (Å²) in [6, 6.07) is 0. The van der Waals surface area contributed by atoms with E-state index in [0.29, 0.717) is 6.42 Å². The Hall–Kier alpha value is -0.860. The Morgan fingerprint density at radius 1 is 1.12 bits per heavy atom. The molecule has 3 heteroatoms. The van der Waals surface area contributed by atoms with E-state index in [4.69, 9.17) is 5.11 Å². The van der Waals surface area contributed by atoms with Crippen molar-refractivity contribution >= 4 is 11.8 Å². The van der Waals surface area contributed by atoms with E-state index in [1.807, 2.05) is 13.8 Å². The molecule has 0 aromatic carbocycles. The molecule has 1 fully saturated rings. The van der Waals surface area contributed by atoms with E-state index in [2.05, 4.69) is 0 Å². The van der Waals surface area contributed by atoms with Crippen molar-refractivity contribution < 1.29 is 14.7 Å². The predicted molar refractivity (Wildman–Crippen MR) is 62.2 cm³/mol. The van der Waals surface area contributed by atoms with Gasteiger partial charge in [0.2, 0.25) is 0 Å². The van der Waals surface area contributed by atoms with E-state index in [1.165, 1.54) is 6.42 Å². The summed E-state index contributed by atoms with van der Waals surface area (Å²) < 4.78 is 0. The third kappa shape index (κ3) is 3.62. The first-order valence-corrected chi connectivity index (χ1v) is 6.20. The first-order valence-electron chi connectivity index (χ1n) is 6.20. The monoisotopic (exact) mass is 226 g/mol. The van der Waals surface area contributed by atoms with Gasteiger partial charge in [-0.05, 0) is 18.3 Å². The molecular weight excluding hydrogens is 204 g/mol. The summed E-state index contributed by atoms with van der Waals surface area (Å²) in [5.74, 6) is -0.533. The van der Waals surface area contributed by atoms with Gasteiger partial charge >= 0.3 is 5.97 Å². The average molecular weight is 226 g/mol. The summed E-state index contributed by atoms with van der Waals surface area (Å²) in [5, 5.41) is 8.97. The van der Waals surface area contributed by atoms with Crippen LogP contribution in [-0.2, 0) is 9.59 Å². The quantitative estimate of drug-likeness (QED) is 0.784. The number of hydrogen-bond acceptors (Lipinski definition) is 2. The highest BCUT2D eigenvalue weighted by Gasteiger charge is 2.36. The smallest absolute Gasteiger partial charge is 0.303 e. The van der Waals surface area contributed by atoms with Crippen LogP contribution in [0.2, 0.25) is 0 Å². The molecule has 1 aliphatic carbocycles. The van der Waals surface area contributed by atoms with Gasteiger partial charge in [-0.25, -0.2) is 0 Å². The maximum absolute atomic E-state index is 11.8. The lowest BCUT2D eigenvalue weighted by Gasteiger charge is -2.36. The molecule has 0 saturated heterocycles. The highest BCUT2D eigenvalue weighted by Crippen LogP contribution is 2.42. The lowest BCUT2D eigenvalue weighted by Crippen LogP contribution is -2.31. The van der Waals surface area contributed by atoms with Gasteiger partial charge in [-0.15, -0.1) is 0 Å². The number of Topliss-reactive ketones (excluding diaryl/α,β-unsaturated/α-hetero) is 1. The Bertz CT molecular complexity index is 262. The Balaban J connectivity index is 2.69. The molecule has 0 amide bonds. The molecule has 1 N–H and O–H groups in total. The summed E-state index contributed by atoms with van der Waals surface area (Å²) in [4.78, 5) is 22.7. The predicted octanol–water partition coefficient (Wildman–Crippen LogP) is 3.03. The second-order valence-electron chi connectivity index (χ2n) is 5.43. The summed E-state index contributed by atoms with van der Waals surface area (Å²) in [6.45, 7) is 3.78. The normalized spacial score (nSPS) is 19.7. The molecule has 0 aromatic rings. The highest BCUT2D eigenvalue weighted by molar-refractivity contribution is 5.81. The van der Waals surface area contributed by atoms with Crippen LogP contribution in [0.3, 0.4) is 0 Å². The molecule has 92 valence electrons. The second kappa shape index (κ2) is 5.46. The van der Waals surface area contributed by atoms with E-state index in [-0.39, 0.29) is 23.5 Å². The summed E-state index contributed by atoms with van der Waals surface area (Å²) in [6.07, 6.45) is 5.73. The Morgan fingerprint density at radius 3 is 2.12 bits per heavy atom. The van der Waals surface area contributed by atoms with Gasteiger partial charge in [-0.2, -0.15) is 0 Å². The van der Waals surface area contributed by atoms with Crippen LogP contribution in [0.5, 0.6) is 0 Å². The van der Waals surface area contributed by atoms with E-state index in [1.54, 1.807) is 0 Å². The molecule has 0 aromatic heterocycles. The van der Waals surface area contributed by atoms with Crippen LogP contribution in [0.4, 0.5) is 0 Å². The number of aliphatic carboxylic acids is 1. The minimum absolute atomic E-state index is 0.0209. The van der Waals surface area contributed by atoms with Crippen LogP contribution in [0.15, 0.2) is 0 Å². The topological polar surface area (TPSA) is 54.4 Å². The minimum Gasteiger partial charge on any atom is -0.481 e.